The molecule has 0 spiro atoms. The Morgan fingerprint density at radius 2 is 2.15 bits per heavy atom. The van der Waals surface area contributed by atoms with Gasteiger partial charge >= 0.3 is 0 Å². The van der Waals surface area contributed by atoms with E-state index in [2.05, 4.69) is 0 Å². The Hall–Kier alpha value is -2.09. The number of hydrogen-bond donors (Lipinski definition) is 1. The highest BCUT2D eigenvalue weighted by Gasteiger charge is 2.18. The Morgan fingerprint density at radius 1 is 1.50 bits per heavy atom. The number of halogens is 1. The van der Waals surface area contributed by atoms with E-state index in [4.69, 9.17) is 11.0 Å². The van der Waals surface area contributed by atoms with Crippen LogP contribution in [0.2, 0.25) is 0 Å². The van der Waals surface area contributed by atoms with Crippen LogP contribution < -0.4 is 5.73 Å². The molecule has 0 radical (unpaired) electrons. The number of anilines is 1. The minimum atomic E-state index is -0.488. The van der Waals surface area contributed by atoms with Gasteiger partial charge in [-0.15, -0.1) is 0 Å². The van der Waals surface area contributed by atoms with Crippen molar-refractivity contribution in [2.75, 3.05) is 18.8 Å². The zero-order valence-corrected chi connectivity index (χ0v) is 12.1. The summed E-state index contributed by atoms with van der Waals surface area (Å²) in [5.41, 5.74) is 6.53. The van der Waals surface area contributed by atoms with Gasteiger partial charge in [0.2, 0.25) is 0 Å². The van der Waals surface area contributed by atoms with Crippen LogP contribution in [0.4, 0.5) is 10.1 Å². The first kappa shape index (κ1) is 16.0. The number of amides is 1. The van der Waals surface area contributed by atoms with Crippen molar-refractivity contribution in [3.8, 4) is 6.07 Å². The van der Waals surface area contributed by atoms with E-state index in [0.29, 0.717) is 18.7 Å². The molecular weight excluding hydrogens is 257 g/mol. The molecule has 0 aliphatic rings. The minimum Gasteiger partial charge on any atom is -0.398 e. The lowest BCUT2D eigenvalue weighted by Crippen LogP contribution is -2.35. The van der Waals surface area contributed by atoms with Crippen LogP contribution in [0.15, 0.2) is 12.1 Å². The van der Waals surface area contributed by atoms with Gasteiger partial charge in [0.15, 0.2) is 0 Å². The number of hydrogen-bond acceptors (Lipinski definition) is 3. The third-order valence-electron chi connectivity index (χ3n) is 3.00. The van der Waals surface area contributed by atoms with Crippen molar-refractivity contribution in [1.29, 1.82) is 5.26 Å². The van der Waals surface area contributed by atoms with Crippen LogP contribution in [0.3, 0.4) is 0 Å². The molecule has 0 fully saturated rings. The average Bonchev–Trinajstić information content (AvgIpc) is 2.39. The molecule has 2 N–H and O–H groups in total. The molecule has 0 atom stereocenters. The van der Waals surface area contributed by atoms with Crippen molar-refractivity contribution in [2.45, 2.75) is 27.2 Å². The van der Waals surface area contributed by atoms with Gasteiger partial charge in [0.25, 0.3) is 5.91 Å². The zero-order valence-electron chi connectivity index (χ0n) is 12.1. The number of rotatable bonds is 5. The second-order valence-electron chi connectivity index (χ2n) is 5.23. The van der Waals surface area contributed by atoms with Gasteiger partial charge in [-0.3, -0.25) is 4.79 Å². The van der Waals surface area contributed by atoms with Crippen LogP contribution in [0.25, 0.3) is 0 Å². The first-order valence-corrected chi connectivity index (χ1v) is 6.58. The second kappa shape index (κ2) is 6.90. The zero-order chi connectivity index (χ0) is 15.3. The SMILES string of the molecule is Cc1c(N)cc(C(=O)N(CCC#N)CC(C)C)cc1F. The Labute approximate surface area is 119 Å². The van der Waals surface area contributed by atoms with Gasteiger partial charge in [-0.1, -0.05) is 13.8 Å². The van der Waals surface area contributed by atoms with Gasteiger partial charge in [-0.05, 0) is 25.0 Å². The van der Waals surface area contributed by atoms with Crippen molar-refractivity contribution < 1.29 is 9.18 Å². The van der Waals surface area contributed by atoms with E-state index in [9.17, 15) is 9.18 Å². The maximum absolute atomic E-state index is 13.7. The molecule has 0 heterocycles. The standard InChI is InChI=1S/C15H20FN3O/c1-10(2)9-19(6-4-5-17)15(20)12-7-13(16)11(3)14(18)8-12/h7-8,10H,4,6,9,18H2,1-3H3. The molecule has 5 heteroatoms. The smallest absolute Gasteiger partial charge is 0.254 e. The summed E-state index contributed by atoms with van der Waals surface area (Å²) in [4.78, 5) is 14.0. The molecule has 4 nitrogen and oxygen atoms in total. The highest BCUT2D eigenvalue weighted by Crippen LogP contribution is 2.19. The molecule has 0 aromatic heterocycles. The fourth-order valence-electron chi connectivity index (χ4n) is 1.91. The van der Waals surface area contributed by atoms with E-state index < -0.39 is 5.82 Å². The van der Waals surface area contributed by atoms with Crippen LogP contribution in [-0.4, -0.2) is 23.9 Å². The van der Waals surface area contributed by atoms with Crippen molar-refractivity contribution in [2.24, 2.45) is 5.92 Å². The number of nitrogens with zero attached hydrogens (tertiary/aromatic N) is 2. The molecule has 0 saturated heterocycles. The Balaban J connectivity index is 3.02. The molecular formula is C15H20FN3O. The lowest BCUT2D eigenvalue weighted by molar-refractivity contribution is 0.0739. The average molecular weight is 277 g/mol. The second-order valence-corrected chi connectivity index (χ2v) is 5.23. The number of carbonyl (C=O) groups excluding carboxylic acids is 1. The summed E-state index contributed by atoms with van der Waals surface area (Å²) >= 11 is 0. The van der Waals surface area contributed by atoms with E-state index in [1.54, 1.807) is 11.8 Å². The van der Waals surface area contributed by atoms with Crippen LogP contribution in [0, 0.1) is 30.0 Å². The minimum absolute atomic E-state index is 0.226. The summed E-state index contributed by atoms with van der Waals surface area (Å²) in [5, 5.41) is 8.66. The number of nitrogen functional groups attached to an aromatic ring is 1. The van der Waals surface area contributed by atoms with E-state index in [0.717, 1.165) is 0 Å². The summed E-state index contributed by atoms with van der Waals surface area (Å²) in [5.74, 6) is -0.511. The van der Waals surface area contributed by atoms with Crippen molar-refractivity contribution >= 4 is 11.6 Å². The van der Waals surface area contributed by atoms with Gasteiger partial charge in [-0.25, -0.2) is 4.39 Å². The molecule has 20 heavy (non-hydrogen) atoms. The highest BCUT2D eigenvalue weighted by molar-refractivity contribution is 5.95. The molecule has 0 bridgehead atoms. The quantitative estimate of drug-likeness (QED) is 0.841. The molecule has 1 aromatic carbocycles. The Morgan fingerprint density at radius 3 is 2.65 bits per heavy atom. The van der Waals surface area contributed by atoms with Gasteiger partial charge in [0, 0.05) is 29.9 Å². The summed E-state index contributed by atoms with van der Waals surface area (Å²) in [7, 11) is 0. The Bertz CT molecular complexity index is 511. The summed E-state index contributed by atoms with van der Waals surface area (Å²) in [6.45, 7) is 6.40. The molecule has 0 aliphatic carbocycles. The van der Waals surface area contributed by atoms with E-state index in [-0.39, 0.29) is 29.5 Å². The first-order valence-electron chi connectivity index (χ1n) is 6.58. The van der Waals surface area contributed by atoms with Crippen LogP contribution in [-0.2, 0) is 0 Å². The van der Waals surface area contributed by atoms with E-state index in [1.807, 2.05) is 19.9 Å². The van der Waals surface area contributed by atoms with Crippen LogP contribution in [0.5, 0.6) is 0 Å². The third kappa shape index (κ3) is 3.95. The third-order valence-corrected chi connectivity index (χ3v) is 3.00. The van der Waals surface area contributed by atoms with Gasteiger partial charge < -0.3 is 10.6 Å². The van der Waals surface area contributed by atoms with Crippen LogP contribution >= 0.6 is 0 Å². The molecule has 0 unspecified atom stereocenters. The van der Waals surface area contributed by atoms with Crippen molar-refractivity contribution in [3.05, 3.63) is 29.1 Å². The maximum atomic E-state index is 13.7. The topological polar surface area (TPSA) is 70.1 Å². The molecule has 1 rings (SSSR count). The first-order chi connectivity index (χ1) is 9.36. The summed E-state index contributed by atoms with van der Waals surface area (Å²) in [6.07, 6.45) is 0.252. The molecule has 1 aromatic rings. The van der Waals surface area contributed by atoms with Gasteiger partial charge in [0.05, 0.1) is 12.5 Å². The van der Waals surface area contributed by atoms with Gasteiger partial charge in [0.1, 0.15) is 5.82 Å². The predicted octanol–water partition coefficient (Wildman–Crippen LogP) is 2.73. The normalized spacial score (nSPS) is 10.4. The monoisotopic (exact) mass is 277 g/mol. The largest absolute Gasteiger partial charge is 0.398 e. The van der Waals surface area contributed by atoms with Crippen molar-refractivity contribution in [3.63, 3.8) is 0 Å². The predicted molar refractivity (Wildman–Crippen MR) is 76.5 cm³/mol. The summed E-state index contributed by atoms with van der Waals surface area (Å²) in [6, 6.07) is 4.71. The van der Waals surface area contributed by atoms with Crippen molar-refractivity contribution in [1.82, 2.24) is 4.90 Å². The molecule has 108 valence electrons. The number of carbonyl (C=O) groups is 1. The number of nitriles is 1. The lowest BCUT2D eigenvalue weighted by Gasteiger charge is -2.24. The summed E-state index contributed by atoms with van der Waals surface area (Å²) < 4.78 is 13.7. The van der Waals surface area contributed by atoms with E-state index >= 15 is 0 Å². The van der Waals surface area contributed by atoms with Gasteiger partial charge in [-0.2, -0.15) is 5.26 Å². The van der Waals surface area contributed by atoms with Crippen LogP contribution in [0.1, 0.15) is 36.2 Å². The fraction of sp³-hybridized carbons (Fsp3) is 0.467. The molecule has 0 saturated carbocycles. The van der Waals surface area contributed by atoms with E-state index in [1.165, 1.54) is 12.1 Å². The Kier molecular flexibility index (Phi) is 5.51. The molecule has 1 amide bonds. The number of benzene rings is 1. The lowest BCUT2D eigenvalue weighted by atomic mass is 10.1. The maximum Gasteiger partial charge on any atom is 0.254 e. The molecule has 0 aliphatic heterocycles. The number of nitrogens with two attached hydrogens (primary N) is 1. The fourth-order valence-corrected chi connectivity index (χ4v) is 1.91. The highest BCUT2D eigenvalue weighted by atomic mass is 19.1.